The van der Waals surface area contributed by atoms with E-state index in [0.717, 1.165) is 49.4 Å². The van der Waals surface area contributed by atoms with Crippen LogP contribution in [0, 0.1) is 0 Å². The minimum absolute atomic E-state index is 0.0418. The van der Waals surface area contributed by atoms with Crippen LogP contribution in [0.5, 0.6) is 11.5 Å². The molecule has 0 amide bonds. The van der Waals surface area contributed by atoms with Crippen LogP contribution in [0.25, 0.3) is 0 Å². The van der Waals surface area contributed by atoms with Gasteiger partial charge in [0.2, 0.25) is 6.61 Å². The van der Waals surface area contributed by atoms with Crippen LogP contribution in [0.1, 0.15) is 31.2 Å². The second-order valence-electron chi connectivity index (χ2n) is 7.00. The minimum atomic E-state index is -1.01. The Bertz CT molecular complexity index is 705. The van der Waals surface area contributed by atoms with Gasteiger partial charge >= 0.3 is 5.97 Å². The van der Waals surface area contributed by atoms with E-state index >= 15 is 0 Å². The van der Waals surface area contributed by atoms with Crippen molar-refractivity contribution < 1.29 is 24.2 Å². The summed E-state index contributed by atoms with van der Waals surface area (Å²) in [5, 5.41) is 12.8. The van der Waals surface area contributed by atoms with Crippen LogP contribution in [-0.4, -0.2) is 62.1 Å². The quantitative estimate of drug-likeness (QED) is 0.782. The van der Waals surface area contributed by atoms with Crippen LogP contribution < -0.4 is 9.47 Å². The number of nitrogens with zero attached hydrogens (tertiary/aromatic N) is 2. The van der Waals surface area contributed by atoms with Crippen molar-refractivity contribution in [2.24, 2.45) is 5.16 Å². The average molecular weight is 362 g/mol. The third kappa shape index (κ3) is 3.35. The fourth-order valence-corrected chi connectivity index (χ4v) is 4.34. The Labute approximate surface area is 153 Å². The number of rotatable bonds is 6. The third-order valence-electron chi connectivity index (χ3n) is 5.71. The van der Waals surface area contributed by atoms with Crippen LogP contribution in [0.4, 0.5) is 0 Å². The number of methoxy groups -OCH3 is 2. The molecule has 1 aliphatic heterocycles. The monoisotopic (exact) mass is 362 g/mol. The van der Waals surface area contributed by atoms with Gasteiger partial charge in [-0.1, -0.05) is 11.2 Å². The molecule has 142 valence electrons. The number of aliphatic carboxylic acids is 1. The molecule has 0 spiro atoms. The number of fused-ring (bicyclic) bond motifs is 1. The molecule has 7 heteroatoms. The SMILES string of the molecule is COc1ccc([C@@]23CCC(=NOCC(=O)O)C[C@@H]2N(C)CC3)cc1OC. The molecule has 1 saturated carbocycles. The lowest BCUT2D eigenvalue weighted by Crippen LogP contribution is -2.46. The molecule has 1 aromatic carbocycles. The van der Waals surface area contributed by atoms with Crippen molar-refractivity contribution in [3.05, 3.63) is 23.8 Å². The normalized spacial score (nSPS) is 27.2. The van der Waals surface area contributed by atoms with Crippen molar-refractivity contribution in [2.75, 3.05) is 34.4 Å². The molecule has 0 aromatic heterocycles. The largest absolute Gasteiger partial charge is 0.493 e. The maximum atomic E-state index is 10.6. The predicted molar refractivity (Wildman–Crippen MR) is 97.1 cm³/mol. The van der Waals surface area contributed by atoms with Gasteiger partial charge in [0.15, 0.2) is 11.5 Å². The van der Waals surface area contributed by atoms with Crippen molar-refractivity contribution in [3.8, 4) is 11.5 Å². The fraction of sp³-hybridized carbons (Fsp3) is 0.579. The number of ether oxygens (including phenoxy) is 2. The molecule has 7 nitrogen and oxygen atoms in total. The molecule has 2 fully saturated rings. The first-order chi connectivity index (χ1) is 12.5. The topological polar surface area (TPSA) is 80.6 Å². The number of oxime groups is 1. The van der Waals surface area contributed by atoms with Gasteiger partial charge in [0.1, 0.15) is 0 Å². The Morgan fingerprint density at radius 3 is 2.77 bits per heavy atom. The van der Waals surface area contributed by atoms with E-state index in [1.807, 2.05) is 6.07 Å². The molecule has 2 atom stereocenters. The molecule has 3 rings (SSSR count). The van der Waals surface area contributed by atoms with Gasteiger partial charge in [0.05, 0.1) is 19.9 Å². The molecule has 1 heterocycles. The van der Waals surface area contributed by atoms with Gasteiger partial charge in [0, 0.05) is 17.9 Å². The zero-order valence-corrected chi connectivity index (χ0v) is 15.5. The van der Waals surface area contributed by atoms with E-state index in [0.29, 0.717) is 6.04 Å². The van der Waals surface area contributed by atoms with E-state index in [2.05, 4.69) is 29.2 Å². The molecular weight excluding hydrogens is 336 g/mol. The van der Waals surface area contributed by atoms with E-state index in [1.54, 1.807) is 14.2 Å². The molecule has 0 unspecified atom stereocenters. The number of likely N-dealkylation sites (N-methyl/N-ethyl adjacent to an activating group) is 1. The highest BCUT2D eigenvalue weighted by atomic mass is 16.6. The van der Waals surface area contributed by atoms with Gasteiger partial charge in [-0.25, -0.2) is 4.79 Å². The highest BCUT2D eigenvalue weighted by Crippen LogP contribution is 2.49. The number of hydrogen-bond donors (Lipinski definition) is 1. The van der Waals surface area contributed by atoms with Gasteiger partial charge in [0.25, 0.3) is 0 Å². The maximum absolute atomic E-state index is 10.6. The second-order valence-corrected chi connectivity index (χ2v) is 7.00. The van der Waals surface area contributed by atoms with E-state index in [-0.39, 0.29) is 5.41 Å². The summed E-state index contributed by atoms with van der Waals surface area (Å²) < 4.78 is 10.9. The number of hydrogen-bond acceptors (Lipinski definition) is 6. The molecule has 1 aromatic rings. The minimum Gasteiger partial charge on any atom is -0.493 e. The number of carbonyl (C=O) groups is 1. The van der Waals surface area contributed by atoms with E-state index < -0.39 is 12.6 Å². The van der Waals surface area contributed by atoms with E-state index in [9.17, 15) is 4.79 Å². The Kier molecular flexibility index (Phi) is 5.36. The standard InChI is InChI=1S/C19H26N2O5/c1-21-9-8-19(13-4-5-15(24-2)16(10-13)25-3)7-6-14(11-17(19)21)20-26-12-18(22)23/h4-5,10,17H,6-9,11-12H2,1-3H3,(H,22,23)/t17-,19-/m0/s1. The summed E-state index contributed by atoms with van der Waals surface area (Å²) in [6.45, 7) is 0.618. The van der Waals surface area contributed by atoms with Crippen LogP contribution in [0.3, 0.4) is 0 Å². The molecule has 1 saturated heterocycles. The Balaban J connectivity index is 1.86. The zero-order chi connectivity index (χ0) is 18.7. The predicted octanol–water partition coefficient (Wildman–Crippen LogP) is 2.29. The van der Waals surface area contributed by atoms with Gasteiger partial charge < -0.3 is 24.3 Å². The fourth-order valence-electron chi connectivity index (χ4n) is 4.34. The molecule has 1 aliphatic carbocycles. The summed E-state index contributed by atoms with van der Waals surface area (Å²) in [6.07, 6.45) is 3.61. The lowest BCUT2D eigenvalue weighted by atomic mass is 9.65. The number of carboxylic acid groups (broad SMARTS) is 1. The van der Waals surface area contributed by atoms with Gasteiger partial charge in [-0.2, -0.15) is 0 Å². The summed E-state index contributed by atoms with van der Waals surface area (Å²) in [4.78, 5) is 17.9. The first-order valence-corrected chi connectivity index (χ1v) is 8.82. The molecule has 26 heavy (non-hydrogen) atoms. The van der Waals surface area contributed by atoms with Crippen LogP contribution in [0.15, 0.2) is 23.4 Å². The van der Waals surface area contributed by atoms with Gasteiger partial charge in [-0.05, 0) is 50.6 Å². The van der Waals surface area contributed by atoms with E-state index in [1.165, 1.54) is 5.56 Å². The molecule has 0 bridgehead atoms. The molecule has 0 radical (unpaired) electrons. The lowest BCUT2D eigenvalue weighted by Gasteiger charge is -2.42. The summed E-state index contributed by atoms with van der Waals surface area (Å²) in [5.41, 5.74) is 2.23. The third-order valence-corrected chi connectivity index (χ3v) is 5.71. The van der Waals surface area contributed by atoms with Crippen molar-refractivity contribution in [1.29, 1.82) is 0 Å². The van der Waals surface area contributed by atoms with Crippen molar-refractivity contribution in [3.63, 3.8) is 0 Å². The highest BCUT2D eigenvalue weighted by Gasteiger charge is 2.50. The van der Waals surface area contributed by atoms with E-state index in [4.69, 9.17) is 19.4 Å². The maximum Gasteiger partial charge on any atom is 0.344 e. The first-order valence-electron chi connectivity index (χ1n) is 8.82. The van der Waals surface area contributed by atoms with Crippen LogP contribution >= 0.6 is 0 Å². The second kappa shape index (κ2) is 7.53. The van der Waals surface area contributed by atoms with Crippen LogP contribution in [-0.2, 0) is 15.0 Å². The highest BCUT2D eigenvalue weighted by molar-refractivity contribution is 5.86. The molecular formula is C19H26N2O5. The average Bonchev–Trinajstić information content (AvgIpc) is 2.98. The summed E-state index contributed by atoms with van der Waals surface area (Å²) >= 11 is 0. The zero-order valence-electron chi connectivity index (χ0n) is 15.5. The van der Waals surface area contributed by atoms with Crippen molar-refractivity contribution in [1.82, 2.24) is 4.90 Å². The Morgan fingerprint density at radius 2 is 2.08 bits per heavy atom. The Hall–Kier alpha value is -2.28. The lowest BCUT2D eigenvalue weighted by molar-refractivity contribution is -0.142. The first kappa shape index (κ1) is 18.5. The van der Waals surface area contributed by atoms with Gasteiger partial charge in [-0.15, -0.1) is 0 Å². The smallest absolute Gasteiger partial charge is 0.344 e. The Morgan fingerprint density at radius 1 is 1.31 bits per heavy atom. The number of carboxylic acids is 1. The summed E-state index contributed by atoms with van der Waals surface area (Å²) in [7, 11) is 5.43. The number of benzene rings is 1. The van der Waals surface area contributed by atoms with Crippen molar-refractivity contribution >= 4 is 11.7 Å². The number of likely N-dealkylation sites (tertiary alicyclic amines) is 1. The molecule has 1 N–H and O–H groups in total. The van der Waals surface area contributed by atoms with Gasteiger partial charge in [-0.3, -0.25) is 0 Å². The van der Waals surface area contributed by atoms with Crippen molar-refractivity contribution in [2.45, 2.75) is 37.1 Å². The summed E-state index contributed by atoms with van der Waals surface area (Å²) in [6, 6.07) is 6.50. The molecule has 2 aliphatic rings. The summed E-state index contributed by atoms with van der Waals surface area (Å²) in [5.74, 6) is 0.468. The van der Waals surface area contributed by atoms with Crippen LogP contribution in [0.2, 0.25) is 0 Å².